The Morgan fingerprint density at radius 3 is 1.91 bits per heavy atom. The quantitative estimate of drug-likeness (QED) is 0.563. The van der Waals surface area contributed by atoms with Crippen LogP contribution in [0.15, 0.2) is 0 Å². The molecule has 0 bridgehead atoms. The molecule has 23 heavy (non-hydrogen) atoms. The maximum atomic E-state index is 12.2. The van der Waals surface area contributed by atoms with E-state index in [0.29, 0.717) is 11.3 Å². The van der Waals surface area contributed by atoms with E-state index in [-0.39, 0.29) is 37.6 Å². The first kappa shape index (κ1) is 18.7. The van der Waals surface area contributed by atoms with E-state index in [0.717, 1.165) is 0 Å². The second kappa shape index (κ2) is 8.36. The highest BCUT2D eigenvalue weighted by Gasteiger charge is 2.29. The van der Waals surface area contributed by atoms with Gasteiger partial charge in [0, 0.05) is 5.69 Å². The fraction of sp³-hybridized carbons (Fsp3) is 0.562. The van der Waals surface area contributed by atoms with Crippen molar-refractivity contribution in [3.8, 4) is 0 Å². The summed E-state index contributed by atoms with van der Waals surface area (Å²) in [5, 5.41) is 0. The molecule has 0 atom stereocenters. The number of aromatic nitrogens is 1. The van der Waals surface area contributed by atoms with Crippen LogP contribution >= 0.6 is 0 Å². The van der Waals surface area contributed by atoms with Gasteiger partial charge in [0.05, 0.1) is 25.4 Å². The van der Waals surface area contributed by atoms with Gasteiger partial charge in [0.15, 0.2) is 0 Å². The summed E-state index contributed by atoms with van der Waals surface area (Å²) in [5.74, 6) is -1.62. The molecule has 0 spiro atoms. The molecule has 128 valence electrons. The van der Waals surface area contributed by atoms with E-state index in [9.17, 15) is 14.4 Å². The number of ether oxygens (including phenoxy) is 3. The standard InChI is InChI=1S/C16H23NO6/c1-6-21-12(18)9-17-11(5)13(15(19)22-7-2)10(4)14(17)16(20)23-8-3/h6-9H2,1-5H3. The summed E-state index contributed by atoms with van der Waals surface area (Å²) in [5.41, 5.74) is 1.35. The number of carbonyl (C=O) groups excluding carboxylic acids is 3. The Balaban J connectivity index is 3.39. The van der Waals surface area contributed by atoms with Crippen molar-refractivity contribution in [2.75, 3.05) is 19.8 Å². The van der Waals surface area contributed by atoms with E-state index in [1.807, 2.05) is 0 Å². The molecule has 0 saturated heterocycles. The summed E-state index contributed by atoms with van der Waals surface area (Å²) in [6, 6.07) is 0. The van der Waals surface area contributed by atoms with Crippen LogP contribution in [-0.4, -0.2) is 42.3 Å². The van der Waals surface area contributed by atoms with Crippen LogP contribution in [0.2, 0.25) is 0 Å². The van der Waals surface area contributed by atoms with Crippen LogP contribution in [0.25, 0.3) is 0 Å². The number of rotatable bonds is 7. The van der Waals surface area contributed by atoms with Gasteiger partial charge in [0.25, 0.3) is 0 Å². The van der Waals surface area contributed by atoms with Crippen LogP contribution in [0.3, 0.4) is 0 Å². The van der Waals surface area contributed by atoms with Gasteiger partial charge in [-0.3, -0.25) is 4.79 Å². The number of esters is 3. The Bertz CT molecular complexity index is 602. The topological polar surface area (TPSA) is 83.8 Å². The number of carbonyl (C=O) groups is 3. The summed E-state index contributed by atoms with van der Waals surface area (Å²) in [6.45, 7) is 8.84. The lowest BCUT2D eigenvalue weighted by molar-refractivity contribution is -0.143. The van der Waals surface area contributed by atoms with Crippen LogP contribution in [0, 0.1) is 13.8 Å². The van der Waals surface area contributed by atoms with Crippen molar-refractivity contribution < 1.29 is 28.6 Å². The summed E-state index contributed by atoms with van der Waals surface area (Å²) >= 11 is 0. The molecule has 0 aliphatic carbocycles. The molecule has 0 N–H and O–H groups in total. The fourth-order valence-electron chi connectivity index (χ4n) is 2.40. The van der Waals surface area contributed by atoms with E-state index in [4.69, 9.17) is 14.2 Å². The lowest BCUT2D eigenvalue weighted by Gasteiger charge is -2.10. The maximum absolute atomic E-state index is 12.2. The first-order valence-electron chi connectivity index (χ1n) is 7.58. The van der Waals surface area contributed by atoms with Gasteiger partial charge in [-0.25, -0.2) is 9.59 Å². The van der Waals surface area contributed by atoms with Crippen molar-refractivity contribution in [1.82, 2.24) is 4.57 Å². The van der Waals surface area contributed by atoms with Crippen molar-refractivity contribution in [2.24, 2.45) is 0 Å². The molecule has 0 aromatic carbocycles. The Morgan fingerprint density at radius 1 is 0.870 bits per heavy atom. The average molecular weight is 325 g/mol. The lowest BCUT2D eigenvalue weighted by atomic mass is 10.1. The van der Waals surface area contributed by atoms with Gasteiger partial charge in [-0.15, -0.1) is 0 Å². The molecule has 7 heteroatoms. The SMILES string of the molecule is CCOC(=O)Cn1c(C)c(C(=O)OCC)c(C)c1C(=O)OCC. The Morgan fingerprint density at radius 2 is 1.39 bits per heavy atom. The van der Waals surface area contributed by atoms with Gasteiger partial charge in [0.1, 0.15) is 12.2 Å². The lowest BCUT2D eigenvalue weighted by Crippen LogP contribution is -2.20. The molecule has 0 saturated carbocycles. The molecule has 0 radical (unpaired) electrons. The zero-order valence-corrected chi connectivity index (χ0v) is 14.2. The third kappa shape index (κ3) is 4.12. The number of nitrogens with zero attached hydrogens (tertiary/aromatic N) is 1. The zero-order valence-electron chi connectivity index (χ0n) is 14.2. The van der Waals surface area contributed by atoms with E-state index in [1.165, 1.54) is 4.57 Å². The van der Waals surface area contributed by atoms with Crippen molar-refractivity contribution in [2.45, 2.75) is 41.2 Å². The van der Waals surface area contributed by atoms with Crippen molar-refractivity contribution in [3.63, 3.8) is 0 Å². The Labute approximate surface area is 135 Å². The molecular weight excluding hydrogens is 302 g/mol. The molecule has 7 nitrogen and oxygen atoms in total. The second-order valence-electron chi connectivity index (χ2n) is 4.77. The molecule has 1 heterocycles. The van der Waals surface area contributed by atoms with Crippen molar-refractivity contribution >= 4 is 17.9 Å². The summed E-state index contributed by atoms with van der Waals surface area (Å²) in [7, 11) is 0. The Kier molecular flexibility index (Phi) is 6.81. The van der Waals surface area contributed by atoms with Crippen LogP contribution < -0.4 is 0 Å². The smallest absolute Gasteiger partial charge is 0.355 e. The van der Waals surface area contributed by atoms with E-state index in [2.05, 4.69) is 0 Å². The van der Waals surface area contributed by atoms with Crippen LogP contribution in [-0.2, 0) is 25.5 Å². The molecule has 1 rings (SSSR count). The number of hydrogen-bond donors (Lipinski definition) is 0. The number of hydrogen-bond acceptors (Lipinski definition) is 6. The molecule has 0 aliphatic heterocycles. The zero-order chi connectivity index (χ0) is 17.6. The predicted octanol–water partition coefficient (Wildman–Crippen LogP) is 2.02. The van der Waals surface area contributed by atoms with E-state index >= 15 is 0 Å². The van der Waals surface area contributed by atoms with Crippen LogP contribution in [0.1, 0.15) is 52.9 Å². The van der Waals surface area contributed by atoms with Crippen molar-refractivity contribution in [3.05, 3.63) is 22.5 Å². The normalized spacial score (nSPS) is 10.3. The maximum Gasteiger partial charge on any atom is 0.355 e. The minimum absolute atomic E-state index is 0.167. The summed E-state index contributed by atoms with van der Waals surface area (Å²) < 4.78 is 16.4. The Hall–Kier alpha value is -2.31. The molecule has 0 fully saturated rings. The van der Waals surface area contributed by atoms with Gasteiger partial charge in [0.2, 0.25) is 0 Å². The highest BCUT2D eigenvalue weighted by atomic mass is 16.5. The molecule has 1 aromatic rings. The predicted molar refractivity (Wildman–Crippen MR) is 82.5 cm³/mol. The third-order valence-corrected chi connectivity index (χ3v) is 3.31. The monoisotopic (exact) mass is 325 g/mol. The molecule has 1 aromatic heterocycles. The second-order valence-corrected chi connectivity index (χ2v) is 4.77. The van der Waals surface area contributed by atoms with E-state index in [1.54, 1.807) is 34.6 Å². The highest BCUT2D eigenvalue weighted by molar-refractivity contribution is 5.99. The van der Waals surface area contributed by atoms with E-state index < -0.39 is 17.9 Å². The minimum atomic E-state index is -0.590. The first-order valence-corrected chi connectivity index (χ1v) is 7.58. The van der Waals surface area contributed by atoms with Gasteiger partial charge < -0.3 is 18.8 Å². The van der Waals surface area contributed by atoms with Crippen molar-refractivity contribution in [1.29, 1.82) is 0 Å². The minimum Gasteiger partial charge on any atom is -0.465 e. The van der Waals surface area contributed by atoms with Gasteiger partial charge in [-0.2, -0.15) is 0 Å². The average Bonchev–Trinajstić information content (AvgIpc) is 2.71. The highest BCUT2D eigenvalue weighted by Crippen LogP contribution is 2.24. The van der Waals surface area contributed by atoms with Crippen LogP contribution in [0.4, 0.5) is 0 Å². The third-order valence-electron chi connectivity index (χ3n) is 3.31. The largest absolute Gasteiger partial charge is 0.465 e. The molecule has 0 unspecified atom stereocenters. The summed E-state index contributed by atoms with van der Waals surface area (Å²) in [4.78, 5) is 36.2. The van der Waals surface area contributed by atoms with Gasteiger partial charge in [-0.05, 0) is 40.2 Å². The molecule has 0 amide bonds. The molecule has 0 aliphatic rings. The first-order chi connectivity index (χ1) is 10.9. The van der Waals surface area contributed by atoms with Gasteiger partial charge >= 0.3 is 17.9 Å². The van der Waals surface area contributed by atoms with Crippen LogP contribution in [0.5, 0.6) is 0 Å². The molecular formula is C16H23NO6. The van der Waals surface area contributed by atoms with Gasteiger partial charge in [-0.1, -0.05) is 0 Å². The fourth-order valence-corrected chi connectivity index (χ4v) is 2.40. The summed E-state index contributed by atoms with van der Waals surface area (Å²) in [6.07, 6.45) is 0.